The van der Waals surface area contributed by atoms with Gasteiger partial charge in [-0.15, -0.1) is 15.0 Å². The topological polar surface area (TPSA) is 119 Å². The molecule has 0 saturated carbocycles. The number of hydrogen-bond acceptors (Lipinski definition) is 10. The summed E-state index contributed by atoms with van der Waals surface area (Å²) in [6.07, 6.45) is 1.55. The van der Waals surface area contributed by atoms with Gasteiger partial charge in [-0.3, -0.25) is 9.13 Å². The average molecular weight is 682 g/mol. The molecule has 1 aromatic heterocycles. The molecule has 2 aliphatic rings. The molecule has 5 aromatic rings. The molecule has 4 atom stereocenters. The number of fused-ring (bicyclic) bond motifs is 6. The van der Waals surface area contributed by atoms with Gasteiger partial charge in [-0.2, -0.15) is 0 Å². The fourth-order valence-corrected chi connectivity index (χ4v) is 10.4. The van der Waals surface area contributed by atoms with Gasteiger partial charge in [0.15, 0.2) is 0 Å². The lowest BCUT2D eigenvalue weighted by atomic mass is 10.0. The van der Waals surface area contributed by atoms with Crippen LogP contribution in [0.4, 0.5) is 0 Å². The standard InChI is InChI=1S/C36H33N3O7P2/c1-4-21-42-34-37-35(43-22-24(2)47(40)32-19-11-7-15-28(32)26-13-5-9-17-30(26)45-47)39-36(38-34)44-23-25(3)48(41)33-20-12-8-16-29(33)27-14-6-10-18-31(27)46-48/h4-20,24-25H,1,21-23H2,2-3H3. The highest BCUT2D eigenvalue weighted by Gasteiger charge is 2.42. The van der Waals surface area contributed by atoms with Crippen molar-refractivity contribution in [2.45, 2.75) is 25.2 Å². The van der Waals surface area contributed by atoms with Gasteiger partial charge in [-0.1, -0.05) is 85.5 Å². The smallest absolute Gasteiger partial charge is 0.326 e. The summed E-state index contributed by atoms with van der Waals surface area (Å²) < 4.78 is 59.0. The van der Waals surface area contributed by atoms with E-state index in [4.69, 9.17) is 23.3 Å². The normalized spacial score (nSPS) is 19.9. The van der Waals surface area contributed by atoms with Crippen molar-refractivity contribution in [3.05, 3.63) is 110 Å². The van der Waals surface area contributed by atoms with E-state index in [1.54, 1.807) is 19.9 Å². The van der Waals surface area contributed by atoms with Gasteiger partial charge in [0.25, 0.3) is 14.7 Å². The minimum Gasteiger partial charge on any atom is -0.462 e. The van der Waals surface area contributed by atoms with Crippen LogP contribution >= 0.6 is 14.7 Å². The van der Waals surface area contributed by atoms with Crippen molar-refractivity contribution >= 4 is 25.3 Å². The van der Waals surface area contributed by atoms with Gasteiger partial charge in [0.1, 0.15) is 31.3 Å². The first-order chi connectivity index (χ1) is 23.3. The minimum absolute atomic E-state index is 0.0340. The Labute approximate surface area is 278 Å². The van der Waals surface area contributed by atoms with E-state index in [-0.39, 0.29) is 37.9 Å². The van der Waals surface area contributed by atoms with E-state index in [9.17, 15) is 9.13 Å². The Kier molecular flexibility index (Phi) is 8.54. The Morgan fingerprint density at radius 3 is 1.42 bits per heavy atom. The predicted octanol–water partition coefficient (Wildman–Crippen LogP) is 7.30. The van der Waals surface area contributed by atoms with Crippen LogP contribution in [0.2, 0.25) is 0 Å². The van der Waals surface area contributed by atoms with Gasteiger partial charge < -0.3 is 23.3 Å². The Morgan fingerprint density at radius 2 is 0.979 bits per heavy atom. The zero-order valence-electron chi connectivity index (χ0n) is 26.4. The lowest BCUT2D eigenvalue weighted by Crippen LogP contribution is -2.29. The molecule has 0 spiro atoms. The summed E-state index contributed by atoms with van der Waals surface area (Å²) >= 11 is 0. The molecule has 244 valence electrons. The van der Waals surface area contributed by atoms with E-state index in [2.05, 4.69) is 21.5 Å². The van der Waals surface area contributed by atoms with Gasteiger partial charge in [-0.05, 0) is 49.2 Å². The lowest BCUT2D eigenvalue weighted by molar-refractivity contribution is 0.241. The van der Waals surface area contributed by atoms with Gasteiger partial charge in [0.05, 0.1) is 21.9 Å². The van der Waals surface area contributed by atoms with Crippen molar-refractivity contribution in [1.82, 2.24) is 15.0 Å². The highest BCUT2D eigenvalue weighted by atomic mass is 31.2. The molecule has 0 saturated heterocycles. The molecule has 0 bridgehead atoms. The van der Waals surface area contributed by atoms with Crippen molar-refractivity contribution in [3.8, 4) is 51.8 Å². The van der Waals surface area contributed by atoms with Gasteiger partial charge in [0, 0.05) is 11.1 Å². The van der Waals surface area contributed by atoms with Crippen LogP contribution in [0, 0.1) is 0 Å². The third-order valence-corrected chi connectivity index (χ3v) is 14.0. The second-order valence-corrected chi connectivity index (χ2v) is 17.0. The highest BCUT2D eigenvalue weighted by molar-refractivity contribution is 7.68. The molecule has 10 nitrogen and oxygen atoms in total. The number of hydrogen-bond donors (Lipinski definition) is 0. The summed E-state index contributed by atoms with van der Waals surface area (Å²) in [4.78, 5) is 12.9. The van der Waals surface area contributed by atoms with Gasteiger partial charge >= 0.3 is 18.0 Å². The van der Waals surface area contributed by atoms with Crippen molar-refractivity contribution < 1.29 is 32.4 Å². The molecule has 3 heterocycles. The van der Waals surface area contributed by atoms with E-state index in [1.807, 2.05) is 97.1 Å². The van der Waals surface area contributed by atoms with Gasteiger partial charge in [-0.25, -0.2) is 0 Å². The Morgan fingerprint density at radius 1 is 0.604 bits per heavy atom. The Bertz CT molecular complexity index is 1970. The van der Waals surface area contributed by atoms with Crippen LogP contribution in [0.3, 0.4) is 0 Å². The van der Waals surface area contributed by atoms with Crippen molar-refractivity contribution in [2.75, 3.05) is 19.8 Å². The Balaban J connectivity index is 1.10. The summed E-state index contributed by atoms with van der Waals surface area (Å²) in [5.74, 6) is 1.12. The quantitative estimate of drug-likeness (QED) is 0.104. The van der Waals surface area contributed by atoms with Crippen molar-refractivity contribution in [3.63, 3.8) is 0 Å². The van der Waals surface area contributed by atoms with E-state index < -0.39 is 26.1 Å². The third-order valence-electron chi connectivity index (χ3n) is 8.27. The van der Waals surface area contributed by atoms with Crippen LogP contribution in [0.1, 0.15) is 13.8 Å². The molecule has 0 aliphatic carbocycles. The summed E-state index contributed by atoms with van der Waals surface area (Å²) in [6.45, 7) is 7.35. The molecule has 7 rings (SSSR count). The lowest BCUT2D eigenvalue weighted by Gasteiger charge is -2.32. The van der Waals surface area contributed by atoms with Crippen molar-refractivity contribution in [2.24, 2.45) is 0 Å². The number of aromatic nitrogens is 3. The maximum absolute atomic E-state index is 14.5. The first-order valence-corrected chi connectivity index (χ1v) is 18.9. The number of benzene rings is 4. The van der Waals surface area contributed by atoms with Crippen LogP contribution in [-0.4, -0.2) is 46.1 Å². The Hall–Kier alpha value is -4.91. The van der Waals surface area contributed by atoms with E-state index in [0.717, 1.165) is 22.3 Å². The summed E-state index contributed by atoms with van der Waals surface area (Å²) in [7, 11) is -6.84. The number of ether oxygens (including phenoxy) is 3. The monoisotopic (exact) mass is 681 g/mol. The zero-order chi connectivity index (χ0) is 33.3. The van der Waals surface area contributed by atoms with E-state index >= 15 is 0 Å². The molecule has 4 aromatic carbocycles. The van der Waals surface area contributed by atoms with Crippen LogP contribution < -0.4 is 33.9 Å². The molecule has 2 aliphatic heterocycles. The molecular weight excluding hydrogens is 648 g/mol. The van der Waals surface area contributed by atoms with E-state index in [0.29, 0.717) is 22.1 Å². The third kappa shape index (κ3) is 5.76. The number of rotatable bonds is 11. The zero-order valence-corrected chi connectivity index (χ0v) is 28.2. The minimum atomic E-state index is -3.42. The van der Waals surface area contributed by atoms with Crippen LogP contribution in [0.25, 0.3) is 22.3 Å². The second kappa shape index (κ2) is 12.9. The molecule has 12 heteroatoms. The molecule has 48 heavy (non-hydrogen) atoms. The van der Waals surface area contributed by atoms with Gasteiger partial charge in [0.2, 0.25) is 0 Å². The highest BCUT2D eigenvalue weighted by Crippen LogP contribution is 2.58. The predicted molar refractivity (Wildman–Crippen MR) is 185 cm³/mol. The fraction of sp³-hybridized carbons (Fsp3) is 0.194. The number of nitrogens with zero attached hydrogens (tertiary/aromatic N) is 3. The molecule has 0 radical (unpaired) electrons. The molecule has 0 amide bonds. The second-order valence-electron chi connectivity index (χ2n) is 11.5. The molecule has 0 N–H and O–H groups in total. The largest absolute Gasteiger partial charge is 0.462 e. The first-order valence-electron chi connectivity index (χ1n) is 15.5. The summed E-state index contributed by atoms with van der Waals surface area (Å²) in [5.41, 5.74) is 2.38. The average Bonchev–Trinajstić information content (AvgIpc) is 3.12. The maximum Gasteiger partial charge on any atom is 0.326 e. The molecular formula is C36H33N3O7P2. The number of para-hydroxylation sites is 2. The molecule has 0 fully saturated rings. The first kappa shape index (κ1) is 31.7. The summed E-state index contributed by atoms with van der Waals surface area (Å²) in [6, 6.07) is 29.9. The molecule has 4 unspecified atom stereocenters. The maximum atomic E-state index is 14.5. The van der Waals surface area contributed by atoms with Crippen LogP contribution in [0.15, 0.2) is 110 Å². The van der Waals surface area contributed by atoms with Crippen LogP contribution in [-0.2, 0) is 9.13 Å². The van der Waals surface area contributed by atoms with Crippen molar-refractivity contribution in [1.29, 1.82) is 0 Å². The van der Waals surface area contributed by atoms with E-state index in [1.165, 1.54) is 0 Å². The SMILES string of the molecule is C=CCOc1nc(OCC(C)P2(=O)Oc3ccccc3-c3ccccc32)nc(OCC(C)P2(=O)Oc3ccccc3-c3ccccc32)n1. The summed E-state index contributed by atoms with van der Waals surface area (Å²) in [5, 5.41) is 1.26. The van der Waals surface area contributed by atoms with Crippen LogP contribution in [0.5, 0.6) is 29.5 Å². The fourth-order valence-electron chi connectivity index (χ4n) is 5.76.